The van der Waals surface area contributed by atoms with Gasteiger partial charge in [-0.05, 0) is 62.1 Å². The third kappa shape index (κ3) is 4.37. The monoisotopic (exact) mass is 491 g/mol. The first-order valence-electron chi connectivity index (χ1n) is 11.2. The Balaban J connectivity index is 1.47. The molecule has 3 fully saturated rings. The SMILES string of the molecule is CCC1CCC2(CC1)NC(=O)N(CC(=O)NC1(c3cccc(Br)c3)CCOCC1)C2=O. The van der Waals surface area contributed by atoms with E-state index in [1.54, 1.807) is 0 Å². The van der Waals surface area contributed by atoms with Crippen LogP contribution in [-0.4, -0.2) is 48.0 Å². The van der Waals surface area contributed by atoms with Crippen molar-refractivity contribution in [2.24, 2.45) is 5.92 Å². The van der Waals surface area contributed by atoms with E-state index >= 15 is 0 Å². The molecule has 0 aromatic heterocycles. The molecule has 2 heterocycles. The van der Waals surface area contributed by atoms with Crippen molar-refractivity contribution in [3.8, 4) is 0 Å². The summed E-state index contributed by atoms with van der Waals surface area (Å²) in [4.78, 5) is 39.9. The summed E-state index contributed by atoms with van der Waals surface area (Å²) in [6.45, 7) is 2.97. The number of halogens is 1. The molecule has 3 aliphatic rings. The molecule has 2 saturated heterocycles. The van der Waals surface area contributed by atoms with E-state index < -0.39 is 17.1 Å². The Kier molecular flexibility index (Phi) is 6.40. The molecule has 0 unspecified atom stereocenters. The van der Waals surface area contributed by atoms with Crippen molar-refractivity contribution >= 4 is 33.8 Å². The number of carbonyl (C=O) groups excluding carboxylic acids is 3. The van der Waals surface area contributed by atoms with Crippen LogP contribution in [-0.2, 0) is 19.9 Å². The van der Waals surface area contributed by atoms with Crippen LogP contribution in [0.4, 0.5) is 4.79 Å². The number of urea groups is 1. The van der Waals surface area contributed by atoms with Crippen LogP contribution in [0, 0.1) is 5.92 Å². The number of hydrogen-bond donors (Lipinski definition) is 2. The fourth-order valence-electron chi connectivity index (χ4n) is 5.18. The van der Waals surface area contributed by atoms with Crippen molar-refractivity contribution in [2.75, 3.05) is 19.8 Å². The number of benzene rings is 1. The van der Waals surface area contributed by atoms with Gasteiger partial charge in [-0.2, -0.15) is 0 Å². The summed E-state index contributed by atoms with van der Waals surface area (Å²) in [5.74, 6) is 0.0154. The normalized spacial score (nSPS) is 27.9. The van der Waals surface area contributed by atoms with Gasteiger partial charge in [-0.1, -0.05) is 41.4 Å². The molecule has 0 radical (unpaired) electrons. The summed E-state index contributed by atoms with van der Waals surface area (Å²) in [5, 5.41) is 6.04. The summed E-state index contributed by atoms with van der Waals surface area (Å²) in [7, 11) is 0. The number of hydrogen-bond acceptors (Lipinski definition) is 4. The van der Waals surface area contributed by atoms with Gasteiger partial charge in [0.25, 0.3) is 5.91 Å². The topological polar surface area (TPSA) is 87.7 Å². The van der Waals surface area contributed by atoms with E-state index in [4.69, 9.17) is 4.74 Å². The molecular formula is C23H30BrN3O4. The Hall–Kier alpha value is -1.93. The second-order valence-corrected chi connectivity index (χ2v) is 9.92. The summed E-state index contributed by atoms with van der Waals surface area (Å²) in [6, 6.07) is 7.42. The van der Waals surface area contributed by atoms with Crippen LogP contribution in [0.2, 0.25) is 0 Å². The second kappa shape index (κ2) is 8.90. The van der Waals surface area contributed by atoms with Gasteiger partial charge in [-0.3, -0.25) is 14.5 Å². The standard InChI is InChI=1S/C23H30BrN3O4/c1-2-16-6-8-23(9-7-16)20(29)27(21(30)26-23)15-19(28)25-22(10-12-31-13-11-22)17-4-3-5-18(24)14-17/h3-5,14,16H,2,6-13,15H2,1H3,(H,25,28)(H,26,30). The Labute approximate surface area is 191 Å². The molecule has 2 aliphatic heterocycles. The van der Waals surface area contributed by atoms with Gasteiger partial charge >= 0.3 is 6.03 Å². The van der Waals surface area contributed by atoms with Crippen LogP contribution in [0.15, 0.2) is 28.7 Å². The molecular weight excluding hydrogens is 462 g/mol. The molecule has 7 nitrogen and oxygen atoms in total. The van der Waals surface area contributed by atoms with Gasteiger partial charge in [-0.25, -0.2) is 4.79 Å². The van der Waals surface area contributed by atoms with Gasteiger partial charge < -0.3 is 15.4 Å². The summed E-state index contributed by atoms with van der Waals surface area (Å²) < 4.78 is 6.46. The number of amides is 4. The molecule has 1 aliphatic carbocycles. The molecule has 0 atom stereocenters. The van der Waals surface area contributed by atoms with E-state index in [0.29, 0.717) is 44.8 Å². The predicted octanol–water partition coefficient (Wildman–Crippen LogP) is 3.46. The lowest BCUT2D eigenvalue weighted by molar-refractivity contribution is -0.137. The predicted molar refractivity (Wildman–Crippen MR) is 119 cm³/mol. The van der Waals surface area contributed by atoms with Gasteiger partial charge in [0.15, 0.2) is 0 Å². The van der Waals surface area contributed by atoms with Crippen LogP contribution in [0.1, 0.15) is 57.4 Å². The minimum Gasteiger partial charge on any atom is -0.381 e. The first-order valence-corrected chi connectivity index (χ1v) is 12.0. The molecule has 8 heteroatoms. The summed E-state index contributed by atoms with van der Waals surface area (Å²) in [6.07, 6.45) is 5.51. The highest BCUT2D eigenvalue weighted by atomic mass is 79.9. The maximum Gasteiger partial charge on any atom is 0.325 e. The Morgan fingerprint density at radius 2 is 1.94 bits per heavy atom. The number of imide groups is 1. The number of ether oxygens (including phenoxy) is 1. The van der Waals surface area contributed by atoms with Gasteiger partial charge in [-0.15, -0.1) is 0 Å². The lowest BCUT2D eigenvalue weighted by atomic mass is 9.75. The Morgan fingerprint density at radius 3 is 2.58 bits per heavy atom. The third-order valence-electron chi connectivity index (χ3n) is 7.19. The highest BCUT2D eigenvalue weighted by molar-refractivity contribution is 9.10. The van der Waals surface area contributed by atoms with E-state index in [9.17, 15) is 14.4 Å². The fourth-order valence-corrected chi connectivity index (χ4v) is 5.58. The minimum absolute atomic E-state index is 0.259. The number of nitrogens with one attached hydrogen (secondary N) is 2. The lowest BCUT2D eigenvalue weighted by Crippen LogP contribution is -2.53. The maximum atomic E-state index is 13.1. The highest BCUT2D eigenvalue weighted by Crippen LogP contribution is 2.38. The molecule has 1 aromatic carbocycles. The quantitative estimate of drug-likeness (QED) is 0.617. The van der Waals surface area contributed by atoms with E-state index in [2.05, 4.69) is 33.5 Å². The Bertz CT molecular complexity index is 860. The van der Waals surface area contributed by atoms with E-state index in [-0.39, 0.29) is 18.4 Å². The van der Waals surface area contributed by atoms with Crippen LogP contribution < -0.4 is 10.6 Å². The number of rotatable bonds is 5. The average Bonchev–Trinajstić information content (AvgIpc) is 2.99. The van der Waals surface area contributed by atoms with Crippen LogP contribution in [0.5, 0.6) is 0 Å². The smallest absolute Gasteiger partial charge is 0.325 e. The van der Waals surface area contributed by atoms with Crippen molar-refractivity contribution in [3.05, 3.63) is 34.3 Å². The molecule has 1 saturated carbocycles. The molecule has 1 aromatic rings. The largest absolute Gasteiger partial charge is 0.381 e. The first-order chi connectivity index (χ1) is 14.9. The molecule has 31 heavy (non-hydrogen) atoms. The van der Waals surface area contributed by atoms with Gasteiger partial charge in [0.1, 0.15) is 12.1 Å². The Morgan fingerprint density at radius 1 is 1.23 bits per heavy atom. The second-order valence-electron chi connectivity index (χ2n) is 9.01. The van der Waals surface area contributed by atoms with Crippen molar-refractivity contribution in [2.45, 2.75) is 62.9 Å². The fraction of sp³-hybridized carbons (Fsp3) is 0.609. The molecule has 1 spiro atoms. The minimum atomic E-state index is -0.830. The molecule has 4 rings (SSSR count). The van der Waals surface area contributed by atoms with Crippen molar-refractivity contribution in [1.82, 2.24) is 15.5 Å². The van der Waals surface area contributed by atoms with Crippen LogP contribution in [0.3, 0.4) is 0 Å². The van der Waals surface area contributed by atoms with Crippen LogP contribution >= 0.6 is 15.9 Å². The van der Waals surface area contributed by atoms with Crippen molar-refractivity contribution < 1.29 is 19.1 Å². The van der Waals surface area contributed by atoms with Crippen molar-refractivity contribution in [3.63, 3.8) is 0 Å². The zero-order chi connectivity index (χ0) is 22.1. The average molecular weight is 492 g/mol. The molecule has 0 bridgehead atoms. The zero-order valence-corrected chi connectivity index (χ0v) is 19.5. The van der Waals surface area contributed by atoms with Crippen molar-refractivity contribution in [1.29, 1.82) is 0 Å². The first kappa shape index (κ1) is 22.3. The summed E-state index contributed by atoms with van der Waals surface area (Å²) >= 11 is 3.51. The van der Waals surface area contributed by atoms with Gasteiger partial charge in [0, 0.05) is 17.7 Å². The lowest BCUT2D eigenvalue weighted by Gasteiger charge is -2.39. The van der Waals surface area contributed by atoms with E-state index in [1.807, 2.05) is 24.3 Å². The highest BCUT2D eigenvalue weighted by Gasteiger charge is 2.52. The van der Waals surface area contributed by atoms with E-state index in [0.717, 1.165) is 34.2 Å². The zero-order valence-electron chi connectivity index (χ0n) is 17.9. The molecule has 2 N–H and O–H groups in total. The van der Waals surface area contributed by atoms with Crippen LogP contribution in [0.25, 0.3) is 0 Å². The number of carbonyl (C=O) groups is 3. The summed E-state index contributed by atoms with van der Waals surface area (Å²) in [5.41, 5.74) is -0.413. The molecule has 168 valence electrons. The van der Waals surface area contributed by atoms with E-state index in [1.165, 1.54) is 0 Å². The maximum absolute atomic E-state index is 13.1. The van der Waals surface area contributed by atoms with Gasteiger partial charge in [0.05, 0.1) is 5.54 Å². The number of nitrogens with zero attached hydrogens (tertiary/aromatic N) is 1. The van der Waals surface area contributed by atoms with Gasteiger partial charge in [0.2, 0.25) is 5.91 Å². The third-order valence-corrected chi connectivity index (χ3v) is 7.68. The molecule has 4 amide bonds.